The Hall–Kier alpha value is -4.60. The van der Waals surface area contributed by atoms with E-state index in [2.05, 4.69) is 37.1 Å². The first-order valence-corrected chi connectivity index (χ1v) is 10.7. The summed E-state index contributed by atoms with van der Waals surface area (Å²) < 4.78 is 28.2. The van der Waals surface area contributed by atoms with E-state index < -0.39 is 12.6 Å². The zero-order valence-corrected chi connectivity index (χ0v) is 18.1. The quantitative estimate of drug-likeness (QED) is 0.366. The lowest BCUT2D eigenvalue weighted by atomic mass is 9.80. The fourth-order valence-corrected chi connectivity index (χ4v) is 4.14. The molecule has 3 N–H and O–H groups in total. The predicted molar refractivity (Wildman–Crippen MR) is 120 cm³/mol. The number of nitriles is 1. The Morgan fingerprint density at radius 1 is 1.26 bits per heavy atom. The number of fused-ring (bicyclic) bond motifs is 1. The fraction of sp³-hybridized carbons (Fsp3) is 0.273. The van der Waals surface area contributed by atoms with Gasteiger partial charge in [0.15, 0.2) is 0 Å². The first-order chi connectivity index (χ1) is 16.9. The summed E-state index contributed by atoms with van der Waals surface area (Å²) in [6.45, 7) is -2.44. The number of aromatic nitrogens is 6. The second-order valence-corrected chi connectivity index (χ2v) is 8.25. The molecule has 0 aromatic carbocycles. The van der Waals surface area contributed by atoms with E-state index in [-0.39, 0.29) is 17.7 Å². The van der Waals surface area contributed by atoms with Gasteiger partial charge in [-0.15, -0.1) is 5.10 Å². The van der Waals surface area contributed by atoms with Gasteiger partial charge in [0.2, 0.25) is 0 Å². The summed E-state index contributed by atoms with van der Waals surface area (Å²) in [7, 11) is 0. The smallest absolute Gasteiger partial charge is 0.404 e. The normalized spacial score (nSPS) is 17.2. The Kier molecular flexibility index (Phi) is 5.69. The molecule has 1 fully saturated rings. The predicted octanol–water partition coefficient (Wildman–Crippen LogP) is 3.38. The molecule has 1 aliphatic rings. The molecule has 0 radical (unpaired) electrons. The highest BCUT2D eigenvalue weighted by Gasteiger charge is 2.30. The van der Waals surface area contributed by atoms with E-state index in [4.69, 9.17) is 10.4 Å². The number of amides is 1. The summed E-state index contributed by atoms with van der Waals surface area (Å²) in [5.74, 6) is 0.209. The minimum absolute atomic E-state index is 0.0649. The molecule has 0 unspecified atom stereocenters. The van der Waals surface area contributed by atoms with Gasteiger partial charge in [-0.1, -0.05) is 5.21 Å². The third-order valence-electron chi connectivity index (χ3n) is 5.92. The highest BCUT2D eigenvalue weighted by atomic mass is 19.3. The van der Waals surface area contributed by atoms with Crippen LogP contribution in [0, 0.1) is 17.2 Å². The maximum atomic E-state index is 13.0. The summed E-state index contributed by atoms with van der Waals surface area (Å²) >= 11 is 0. The summed E-state index contributed by atoms with van der Waals surface area (Å²) in [6.07, 6.45) is 4.60. The standard InChI is InChI=1S/C22H19F2N9O2/c23-21(24)32-11-19(30-31-32)16-10-26-18(20-2-1-15-5-13(7-25)9-28-33(15)20)6-17(16)29-14-3-12(4-14)8-27-22(34)35/h1-2,5-6,9-12,14,21,27H,3-4,8H2,(H,26,29)(H,34,35). The van der Waals surface area contributed by atoms with Gasteiger partial charge in [-0.05, 0) is 43.0 Å². The van der Waals surface area contributed by atoms with Crippen molar-refractivity contribution in [3.8, 4) is 28.7 Å². The second-order valence-electron chi connectivity index (χ2n) is 8.25. The van der Waals surface area contributed by atoms with Gasteiger partial charge in [0.1, 0.15) is 11.8 Å². The molecule has 4 aromatic heterocycles. The van der Waals surface area contributed by atoms with Crippen LogP contribution < -0.4 is 10.6 Å². The van der Waals surface area contributed by atoms with Crippen LogP contribution in [0.1, 0.15) is 25.0 Å². The average molecular weight is 479 g/mol. The minimum atomic E-state index is -2.81. The molecule has 1 saturated carbocycles. The Bertz CT molecular complexity index is 1440. The van der Waals surface area contributed by atoms with Gasteiger partial charge < -0.3 is 15.7 Å². The van der Waals surface area contributed by atoms with Crippen LogP contribution in [0.5, 0.6) is 0 Å². The van der Waals surface area contributed by atoms with Crippen molar-refractivity contribution in [1.82, 2.24) is 34.9 Å². The summed E-state index contributed by atoms with van der Waals surface area (Å²) in [5.41, 5.74) is 3.82. The maximum Gasteiger partial charge on any atom is 0.404 e. The Balaban J connectivity index is 1.46. The zero-order chi connectivity index (χ0) is 24.5. The van der Waals surface area contributed by atoms with Crippen molar-refractivity contribution in [3.05, 3.63) is 48.4 Å². The molecule has 1 aliphatic carbocycles. The van der Waals surface area contributed by atoms with Crippen molar-refractivity contribution < 1.29 is 18.7 Å². The summed E-state index contributed by atoms with van der Waals surface area (Å²) in [5, 5.41) is 35.4. The molecular formula is C22H19F2N9O2. The Morgan fingerprint density at radius 2 is 2.09 bits per heavy atom. The number of nitrogens with one attached hydrogen (secondary N) is 2. The molecule has 1 amide bonds. The van der Waals surface area contributed by atoms with E-state index >= 15 is 0 Å². The van der Waals surface area contributed by atoms with E-state index in [1.807, 2.05) is 12.1 Å². The molecule has 0 aliphatic heterocycles. The lowest BCUT2D eigenvalue weighted by Crippen LogP contribution is -2.41. The molecular weight excluding hydrogens is 460 g/mol. The SMILES string of the molecule is N#Cc1cnn2c(-c3cc(NC4CC(CNC(=O)O)C4)c(-c4cn(C(F)F)nn4)cn3)ccc2c1. The van der Waals surface area contributed by atoms with Crippen LogP contribution in [0.25, 0.3) is 28.2 Å². The fourth-order valence-electron chi connectivity index (χ4n) is 4.14. The van der Waals surface area contributed by atoms with Crippen LogP contribution in [0.3, 0.4) is 0 Å². The first kappa shape index (κ1) is 22.2. The molecule has 4 aromatic rings. The molecule has 11 nitrogen and oxygen atoms in total. The number of anilines is 1. The molecule has 13 heteroatoms. The number of hydrogen-bond acceptors (Lipinski definition) is 7. The second kappa shape index (κ2) is 8.98. The van der Waals surface area contributed by atoms with Crippen molar-refractivity contribution in [2.45, 2.75) is 25.4 Å². The van der Waals surface area contributed by atoms with Crippen molar-refractivity contribution >= 4 is 17.3 Å². The monoisotopic (exact) mass is 479 g/mol. The van der Waals surface area contributed by atoms with Crippen LogP contribution in [0.4, 0.5) is 19.3 Å². The molecule has 5 rings (SSSR count). The van der Waals surface area contributed by atoms with Gasteiger partial charge in [-0.2, -0.15) is 23.8 Å². The molecule has 0 bridgehead atoms. The summed E-state index contributed by atoms with van der Waals surface area (Å²) in [4.78, 5) is 15.2. The maximum absolute atomic E-state index is 13.0. The summed E-state index contributed by atoms with van der Waals surface area (Å²) in [6, 6.07) is 9.29. The van der Waals surface area contributed by atoms with Crippen LogP contribution >= 0.6 is 0 Å². The number of carbonyl (C=O) groups is 1. The minimum Gasteiger partial charge on any atom is -0.465 e. The molecule has 0 saturated heterocycles. The Labute approximate surface area is 197 Å². The van der Waals surface area contributed by atoms with Gasteiger partial charge in [0, 0.05) is 30.0 Å². The molecule has 178 valence electrons. The van der Waals surface area contributed by atoms with E-state index in [1.165, 1.54) is 6.20 Å². The van der Waals surface area contributed by atoms with Crippen LogP contribution in [0.2, 0.25) is 0 Å². The number of hydrogen-bond donors (Lipinski definition) is 3. The molecule has 0 atom stereocenters. The number of halogens is 2. The lowest BCUT2D eigenvalue weighted by molar-refractivity contribution is 0.0546. The number of nitrogens with zero attached hydrogens (tertiary/aromatic N) is 7. The topological polar surface area (TPSA) is 146 Å². The lowest BCUT2D eigenvalue weighted by Gasteiger charge is -2.36. The van der Waals surface area contributed by atoms with Crippen molar-refractivity contribution in [1.29, 1.82) is 5.26 Å². The molecule has 0 spiro atoms. The van der Waals surface area contributed by atoms with Gasteiger partial charge in [0.25, 0.3) is 0 Å². The van der Waals surface area contributed by atoms with Gasteiger partial charge in [-0.25, -0.2) is 9.31 Å². The third kappa shape index (κ3) is 4.45. The average Bonchev–Trinajstić information content (AvgIpc) is 3.47. The van der Waals surface area contributed by atoms with Crippen LogP contribution in [-0.2, 0) is 0 Å². The van der Waals surface area contributed by atoms with Crippen LogP contribution in [0.15, 0.2) is 42.9 Å². The van der Waals surface area contributed by atoms with Crippen molar-refractivity contribution in [2.24, 2.45) is 5.92 Å². The van der Waals surface area contributed by atoms with Gasteiger partial charge in [0.05, 0.1) is 34.9 Å². The molecule has 4 heterocycles. The number of alkyl halides is 2. The van der Waals surface area contributed by atoms with Crippen molar-refractivity contribution in [3.63, 3.8) is 0 Å². The van der Waals surface area contributed by atoms with Crippen LogP contribution in [-0.4, -0.2) is 53.4 Å². The van der Waals surface area contributed by atoms with E-state index in [0.717, 1.165) is 24.6 Å². The van der Waals surface area contributed by atoms with E-state index in [9.17, 15) is 13.6 Å². The van der Waals surface area contributed by atoms with Gasteiger partial charge >= 0.3 is 12.6 Å². The third-order valence-corrected chi connectivity index (χ3v) is 5.92. The Morgan fingerprint density at radius 3 is 2.80 bits per heavy atom. The van der Waals surface area contributed by atoms with Gasteiger partial charge in [-0.3, -0.25) is 4.98 Å². The van der Waals surface area contributed by atoms with Crippen molar-refractivity contribution in [2.75, 3.05) is 11.9 Å². The molecule has 35 heavy (non-hydrogen) atoms. The first-order valence-electron chi connectivity index (χ1n) is 10.7. The van der Waals surface area contributed by atoms with E-state index in [0.29, 0.717) is 39.4 Å². The zero-order valence-electron chi connectivity index (χ0n) is 18.1. The van der Waals surface area contributed by atoms with E-state index in [1.54, 1.807) is 22.8 Å². The number of pyridine rings is 1. The number of carboxylic acid groups (broad SMARTS) is 1. The highest BCUT2D eigenvalue weighted by Crippen LogP contribution is 2.35. The number of rotatable bonds is 7. The highest BCUT2D eigenvalue weighted by molar-refractivity contribution is 5.79. The largest absolute Gasteiger partial charge is 0.465 e.